The van der Waals surface area contributed by atoms with Gasteiger partial charge in [-0.25, -0.2) is 4.79 Å². The molecule has 18 heavy (non-hydrogen) atoms. The van der Waals surface area contributed by atoms with Gasteiger partial charge in [0.05, 0.1) is 6.54 Å². The quantitative estimate of drug-likeness (QED) is 0.871. The molecule has 0 radical (unpaired) electrons. The molecule has 1 aliphatic heterocycles. The van der Waals surface area contributed by atoms with Gasteiger partial charge in [0, 0.05) is 12.2 Å². The second kappa shape index (κ2) is 4.28. The zero-order valence-electron chi connectivity index (χ0n) is 10.4. The first-order chi connectivity index (χ1) is 8.72. The molecule has 1 amide bonds. The van der Waals surface area contributed by atoms with E-state index in [1.807, 2.05) is 24.3 Å². The number of nitrogens with zero attached hydrogens (tertiary/aromatic N) is 1. The van der Waals surface area contributed by atoms with E-state index in [-0.39, 0.29) is 11.7 Å². The molecule has 96 valence electrons. The average molecular weight is 246 g/mol. The summed E-state index contributed by atoms with van der Waals surface area (Å²) in [6.45, 7) is 1.17. The van der Waals surface area contributed by atoms with E-state index in [2.05, 4.69) is 0 Å². The SMILES string of the molecule is NCc1cccc(N2CC3(CCCC3)OC2=O)c1. The molecule has 0 atom stereocenters. The van der Waals surface area contributed by atoms with Crippen LogP contribution in [0.15, 0.2) is 24.3 Å². The summed E-state index contributed by atoms with van der Waals surface area (Å²) in [5.74, 6) is 0. The fourth-order valence-corrected chi connectivity index (χ4v) is 2.95. The van der Waals surface area contributed by atoms with Gasteiger partial charge in [0.15, 0.2) is 0 Å². The van der Waals surface area contributed by atoms with Gasteiger partial charge in [-0.15, -0.1) is 0 Å². The zero-order chi connectivity index (χ0) is 12.6. The van der Waals surface area contributed by atoms with Gasteiger partial charge in [-0.3, -0.25) is 4.90 Å². The van der Waals surface area contributed by atoms with Gasteiger partial charge in [0.25, 0.3) is 0 Å². The van der Waals surface area contributed by atoms with Gasteiger partial charge >= 0.3 is 6.09 Å². The maximum atomic E-state index is 12.0. The molecule has 4 nitrogen and oxygen atoms in total. The third-order valence-electron chi connectivity index (χ3n) is 3.94. The number of anilines is 1. The molecule has 0 bridgehead atoms. The first-order valence-corrected chi connectivity index (χ1v) is 6.52. The fourth-order valence-electron chi connectivity index (χ4n) is 2.95. The highest BCUT2D eigenvalue weighted by molar-refractivity contribution is 5.90. The Morgan fingerprint density at radius 1 is 1.33 bits per heavy atom. The predicted molar refractivity (Wildman–Crippen MR) is 69.4 cm³/mol. The standard InChI is InChI=1S/C14H18N2O2/c15-9-11-4-3-5-12(8-11)16-10-14(18-13(16)17)6-1-2-7-14/h3-5,8H,1-2,6-7,9-10,15H2. The molecule has 2 aliphatic rings. The first-order valence-electron chi connectivity index (χ1n) is 6.52. The highest BCUT2D eigenvalue weighted by Crippen LogP contribution is 2.40. The lowest BCUT2D eigenvalue weighted by molar-refractivity contribution is 0.0629. The first kappa shape index (κ1) is 11.5. The van der Waals surface area contributed by atoms with Crippen molar-refractivity contribution in [3.63, 3.8) is 0 Å². The Labute approximate surface area is 107 Å². The minimum atomic E-state index is -0.226. The van der Waals surface area contributed by atoms with E-state index in [1.54, 1.807) is 4.90 Å². The minimum Gasteiger partial charge on any atom is -0.441 e. The third kappa shape index (κ3) is 1.86. The molecule has 1 saturated carbocycles. The van der Waals surface area contributed by atoms with Crippen LogP contribution in [0.1, 0.15) is 31.2 Å². The lowest BCUT2D eigenvalue weighted by Crippen LogP contribution is -2.31. The molecule has 0 unspecified atom stereocenters. The maximum Gasteiger partial charge on any atom is 0.415 e. The van der Waals surface area contributed by atoms with Gasteiger partial charge in [0.1, 0.15) is 5.60 Å². The van der Waals surface area contributed by atoms with E-state index in [1.165, 1.54) is 0 Å². The smallest absolute Gasteiger partial charge is 0.415 e. The molecule has 1 heterocycles. The van der Waals surface area contributed by atoms with Crippen LogP contribution in [0.4, 0.5) is 10.5 Å². The second-order valence-electron chi connectivity index (χ2n) is 5.22. The fraction of sp³-hybridized carbons (Fsp3) is 0.500. The molecule has 4 heteroatoms. The van der Waals surface area contributed by atoms with Gasteiger partial charge in [-0.05, 0) is 43.4 Å². The number of nitrogens with two attached hydrogens (primary N) is 1. The Kier molecular flexibility index (Phi) is 2.74. The lowest BCUT2D eigenvalue weighted by atomic mass is 10.0. The van der Waals surface area contributed by atoms with Crippen molar-refractivity contribution in [2.24, 2.45) is 5.73 Å². The van der Waals surface area contributed by atoms with Crippen LogP contribution in [0.25, 0.3) is 0 Å². The molecule has 1 spiro atoms. The number of benzene rings is 1. The zero-order valence-corrected chi connectivity index (χ0v) is 10.4. The van der Waals surface area contributed by atoms with Crippen LogP contribution in [0.3, 0.4) is 0 Å². The molecule has 1 aliphatic carbocycles. The molecule has 1 aromatic carbocycles. The van der Waals surface area contributed by atoms with Crippen molar-refractivity contribution in [3.8, 4) is 0 Å². The van der Waals surface area contributed by atoms with Crippen LogP contribution >= 0.6 is 0 Å². The summed E-state index contributed by atoms with van der Waals surface area (Å²) in [6.07, 6.45) is 4.08. The Bertz CT molecular complexity index is 467. The summed E-state index contributed by atoms with van der Waals surface area (Å²) in [4.78, 5) is 13.7. The van der Waals surface area contributed by atoms with Crippen LogP contribution in [0.5, 0.6) is 0 Å². The van der Waals surface area contributed by atoms with E-state index in [0.29, 0.717) is 13.1 Å². The molecule has 1 aromatic rings. The second-order valence-corrected chi connectivity index (χ2v) is 5.22. The van der Waals surface area contributed by atoms with E-state index < -0.39 is 0 Å². The molecule has 2 fully saturated rings. The number of rotatable bonds is 2. The lowest BCUT2D eigenvalue weighted by Gasteiger charge is -2.20. The van der Waals surface area contributed by atoms with E-state index >= 15 is 0 Å². The van der Waals surface area contributed by atoms with Crippen molar-refractivity contribution < 1.29 is 9.53 Å². The Morgan fingerprint density at radius 3 is 2.83 bits per heavy atom. The number of amides is 1. The summed E-state index contributed by atoms with van der Waals surface area (Å²) < 4.78 is 5.61. The number of hydrogen-bond donors (Lipinski definition) is 1. The Hall–Kier alpha value is -1.55. The van der Waals surface area contributed by atoms with Gasteiger partial charge < -0.3 is 10.5 Å². The average Bonchev–Trinajstić information content (AvgIpc) is 2.97. The number of carbonyl (C=O) groups excluding carboxylic acids is 1. The predicted octanol–water partition coefficient (Wildman–Crippen LogP) is 2.41. The molecule has 2 N–H and O–H groups in total. The Balaban J connectivity index is 1.86. The van der Waals surface area contributed by atoms with Gasteiger partial charge in [0.2, 0.25) is 0 Å². The van der Waals surface area contributed by atoms with E-state index in [9.17, 15) is 4.79 Å². The number of carbonyl (C=O) groups is 1. The summed E-state index contributed by atoms with van der Waals surface area (Å²) in [5, 5.41) is 0. The largest absolute Gasteiger partial charge is 0.441 e. The van der Waals surface area contributed by atoms with Crippen LogP contribution in [0.2, 0.25) is 0 Å². The van der Waals surface area contributed by atoms with E-state index in [0.717, 1.165) is 36.9 Å². The highest BCUT2D eigenvalue weighted by atomic mass is 16.6. The van der Waals surface area contributed by atoms with Crippen molar-refractivity contribution >= 4 is 11.8 Å². The summed E-state index contributed by atoms with van der Waals surface area (Å²) in [7, 11) is 0. The molecular formula is C14H18N2O2. The van der Waals surface area contributed by atoms with Crippen molar-refractivity contribution in [3.05, 3.63) is 29.8 Å². The third-order valence-corrected chi connectivity index (χ3v) is 3.94. The van der Waals surface area contributed by atoms with Crippen LogP contribution in [-0.4, -0.2) is 18.2 Å². The van der Waals surface area contributed by atoms with Crippen LogP contribution in [-0.2, 0) is 11.3 Å². The molecule has 1 saturated heterocycles. The minimum absolute atomic E-state index is 0.217. The van der Waals surface area contributed by atoms with Crippen molar-refractivity contribution in [1.29, 1.82) is 0 Å². The molecular weight excluding hydrogens is 228 g/mol. The van der Waals surface area contributed by atoms with Crippen molar-refractivity contribution in [2.75, 3.05) is 11.4 Å². The van der Waals surface area contributed by atoms with Crippen LogP contribution in [0, 0.1) is 0 Å². The summed E-state index contributed by atoms with van der Waals surface area (Å²) in [6, 6.07) is 7.81. The maximum absolute atomic E-state index is 12.0. The molecule has 0 aromatic heterocycles. The number of ether oxygens (including phenoxy) is 1. The summed E-state index contributed by atoms with van der Waals surface area (Å²) in [5.41, 5.74) is 7.34. The highest BCUT2D eigenvalue weighted by Gasteiger charge is 2.47. The Morgan fingerprint density at radius 2 is 2.11 bits per heavy atom. The molecule has 3 rings (SSSR count). The van der Waals surface area contributed by atoms with Gasteiger partial charge in [-0.2, -0.15) is 0 Å². The summed E-state index contributed by atoms with van der Waals surface area (Å²) >= 11 is 0. The van der Waals surface area contributed by atoms with Gasteiger partial charge in [-0.1, -0.05) is 12.1 Å². The number of hydrogen-bond acceptors (Lipinski definition) is 3. The topological polar surface area (TPSA) is 55.6 Å². The normalized spacial score (nSPS) is 21.6. The monoisotopic (exact) mass is 246 g/mol. The van der Waals surface area contributed by atoms with Crippen LogP contribution < -0.4 is 10.6 Å². The van der Waals surface area contributed by atoms with Crippen molar-refractivity contribution in [1.82, 2.24) is 0 Å². The van der Waals surface area contributed by atoms with Crippen molar-refractivity contribution in [2.45, 2.75) is 37.8 Å². The van der Waals surface area contributed by atoms with E-state index in [4.69, 9.17) is 10.5 Å².